The Morgan fingerprint density at radius 3 is 2.42 bits per heavy atom. The Morgan fingerprint density at radius 2 is 1.75 bits per heavy atom. The van der Waals surface area contributed by atoms with Crippen LogP contribution in [0.3, 0.4) is 0 Å². The van der Waals surface area contributed by atoms with Crippen molar-refractivity contribution in [2.75, 3.05) is 41.9 Å². The van der Waals surface area contributed by atoms with E-state index in [1.54, 1.807) is 11.9 Å². The summed E-state index contributed by atoms with van der Waals surface area (Å²) in [6.45, 7) is 6.40. The van der Waals surface area contributed by atoms with E-state index in [1.807, 2.05) is 18.2 Å². The number of carbonyl (C=O) groups is 1. The topological polar surface area (TPSA) is 44.8 Å². The Labute approximate surface area is 142 Å². The quantitative estimate of drug-likeness (QED) is 0.912. The second-order valence-electron chi connectivity index (χ2n) is 5.77. The summed E-state index contributed by atoms with van der Waals surface area (Å²) < 4.78 is 5.53. The lowest BCUT2D eigenvalue weighted by atomic mass is 10.2. The smallest absolute Gasteiger partial charge is 0.264 e. The van der Waals surface area contributed by atoms with Gasteiger partial charge in [0.2, 0.25) is 0 Å². The number of ether oxygens (including phenoxy) is 1. The number of amides is 1. The maximum Gasteiger partial charge on any atom is 0.264 e. The third kappa shape index (κ3) is 3.15. The predicted octanol–water partition coefficient (Wildman–Crippen LogP) is 3.63. The molecule has 0 fully saturated rings. The molecule has 1 N–H and O–H groups in total. The number of nitrogens with zero attached hydrogens (tertiary/aromatic N) is 2. The van der Waals surface area contributed by atoms with Gasteiger partial charge in [0, 0.05) is 43.3 Å². The molecule has 5 heteroatoms. The van der Waals surface area contributed by atoms with Crippen LogP contribution in [0.5, 0.6) is 5.75 Å². The van der Waals surface area contributed by atoms with Gasteiger partial charge in [-0.3, -0.25) is 4.79 Å². The molecule has 0 aliphatic carbocycles. The zero-order chi connectivity index (χ0) is 17.1. The molecule has 0 bridgehead atoms. The van der Waals surface area contributed by atoms with Crippen molar-refractivity contribution < 1.29 is 9.53 Å². The van der Waals surface area contributed by atoms with E-state index in [1.165, 1.54) is 5.69 Å². The maximum atomic E-state index is 11.7. The van der Waals surface area contributed by atoms with E-state index in [9.17, 15) is 4.79 Å². The highest BCUT2D eigenvalue weighted by atomic mass is 16.5. The van der Waals surface area contributed by atoms with Crippen LogP contribution in [0.2, 0.25) is 0 Å². The van der Waals surface area contributed by atoms with Gasteiger partial charge in [-0.2, -0.15) is 0 Å². The van der Waals surface area contributed by atoms with Crippen LogP contribution in [-0.2, 0) is 4.79 Å². The third-order valence-corrected chi connectivity index (χ3v) is 4.33. The van der Waals surface area contributed by atoms with Crippen molar-refractivity contribution in [3.63, 3.8) is 0 Å². The molecule has 3 rings (SSSR count). The largest absolute Gasteiger partial charge is 0.481 e. The van der Waals surface area contributed by atoms with Gasteiger partial charge in [-0.05, 0) is 50.2 Å². The van der Waals surface area contributed by atoms with E-state index in [4.69, 9.17) is 4.74 Å². The summed E-state index contributed by atoms with van der Waals surface area (Å²) in [5.41, 5.74) is 3.98. The van der Waals surface area contributed by atoms with E-state index in [-0.39, 0.29) is 12.5 Å². The highest BCUT2D eigenvalue weighted by molar-refractivity contribution is 5.97. The van der Waals surface area contributed by atoms with Crippen molar-refractivity contribution in [2.24, 2.45) is 0 Å². The zero-order valence-corrected chi connectivity index (χ0v) is 14.4. The molecule has 1 heterocycles. The lowest BCUT2D eigenvalue weighted by molar-refractivity contribution is -0.120. The minimum Gasteiger partial charge on any atom is -0.481 e. The van der Waals surface area contributed by atoms with E-state index < -0.39 is 0 Å². The molecule has 1 aliphatic rings. The Hall–Kier alpha value is -2.69. The van der Waals surface area contributed by atoms with Gasteiger partial charge in [-0.25, -0.2) is 0 Å². The van der Waals surface area contributed by atoms with Crippen LogP contribution in [0.1, 0.15) is 13.8 Å². The molecule has 0 atom stereocenters. The standard InChI is InChI=1S/C19H23N3O2/c1-4-22(5-2)16-9-6-14(7-10-16)20-15-8-11-17-18(12-15)24-13-19(23)21(17)3/h6-12,20H,4-5,13H2,1-3H3. The van der Waals surface area contributed by atoms with Gasteiger partial charge in [-0.15, -0.1) is 0 Å². The normalized spacial score (nSPS) is 13.3. The van der Waals surface area contributed by atoms with E-state index in [2.05, 4.69) is 48.3 Å². The van der Waals surface area contributed by atoms with Gasteiger partial charge in [-0.1, -0.05) is 0 Å². The number of carbonyl (C=O) groups excluding carboxylic acids is 1. The van der Waals surface area contributed by atoms with Crippen molar-refractivity contribution in [2.45, 2.75) is 13.8 Å². The van der Waals surface area contributed by atoms with Crippen LogP contribution in [0, 0.1) is 0 Å². The summed E-state index contributed by atoms with van der Waals surface area (Å²) in [4.78, 5) is 15.6. The Balaban J connectivity index is 1.76. The van der Waals surface area contributed by atoms with Crippen molar-refractivity contribution in [3.8, 4) is 5.75 Å². The van der Waals surface area contributed by atoms with E-state index >= 15 is 0 Å². The number of anilines is 4. The Kier molecular flexibility index (Phi) is 4.60. The summed E-state index contributed by atoms with van der Waals surface area (Å²) in [6, 6.07) is 14.2. The average molecular weight is 325 g/mol. The van der Waals surface area contributed by atoms with E-state index in [0.29, 0.717) is 0 Å². The third-order valence-electron chi connectivity index (χ3n) is 4.33. The molecule has 0 unspecified atom stereocenters. The number of hydrogen-bond acceptors (Lipinski definition) is 4. The SMILES string of the molecule is CCN(CC)c1ccc(Nc2ccc3c(c2)OCC(=O)N3C)cc1. The molecule has 126 valence electrons. The first-order chi connectivity index (χ1) is 11.6. The van der Waals surface area contributed by atoms with Crippen molar-refractivity contribution >= 4 is 28.7 Å². The number of rotatable bonds is 5. The van der Waals surface area contributed by atoms with Crippen molar-refractivity contribution in [1.29, 1.82) is 0 Å². The number of hydrogen-bond donors (Lipinski definition) is 1. The first kappa shape index (κ1) is 16.2. The van der Waals surface area contributed by atoms with Crippen molar-refractivity contribution in [3.05, 3.63) is 42.5 Å². The lowest BCUT2D eigenvalue weighted by Gasteiger charge is -2.26. The molecule has 24 heavy (non-hydrogen) atoms. The fourth-order valence-electron chi connectivity index (χ4n) is 2.87. The summed E-state index contributed by atoms with van der Waals surface area (Å²) >= 11 is 0. The fourth-order valence-corrected chi connectivity index (χ4v) is 2.87. The van der Waals surface area contributed by atoms with Crippen LogP contribution < -0.4 is 19.9 Å². The monoisotopic (exact) mass is 325 g/mol. The van der Waals surface area contributed by atoms with Gasteiger partial charge in [0.25, 0.3) is 5.91 Å². The van der Waals surface area contributed by atoms with Crippen LogP contribution >= 0.6 is 0 Å². The predicted molar refractivity (Wildman–Crippen MR) is 98.6 cm³/mol. The van der Waals surface area contributed by atoms with Crippen molar-refractivity contribution in [1.82, 2.24) is 0 Å². The molecule has 1 aliphatic heterocycles. The number of fused-ring (bicyclic) bond motifs is 1. The van der Waals surface area contributed by atoms with Gasteiger partial charge in [0.1, 0.15) is 5.75 Å². The summed E-state index contributed by atoms with van der Waals surface area (Å²) in [5.74, 6) is 0.692. The number of likely N-dealkylation sites (N-methyl/N-ethyl adjacent to an activating group) is 1. The average Bonchev–Trinajstić information content (AvgIpc) is 2.61. The molecule has 2 aromatic rings. The fraction of sp³-hybridized carbons (Fsp3) is 0.316. The van der Waals surface area contributed by atoms with Crippen LogP contribution in [0.15, 0.2) is 42.5 Å². The molecule has 0 saturated carbocycles. The first-order valence-electron chi connectivity index (χ1n) is 8.27. The molecular weight excluding hydrogens is 302 g/mol. The molecular formula is C19H23N3O2. The molecule has 0 saturated heterocycles. The van der Waals surface area contributed by atoms with Gasteiger partial charge in [0.05, 0.1) is 5.69 Å². The second kappa shape index (κ2) is 6.83. The molecule has 0 radical (unpaired) electrons. The minimum absolute atomic E-state index is 0.0322. The van der Waals surface area contributed by atoms with Gasteiger partial charge in [0.15, 0.2) is 6.61 Å². The molecule has 5 nitrogen and oxygen atoms in total. The number of nitrogens with one attached hydrogen (secondary N) is 1. The van der Waals surface area contributed by atoms with E-state index in [0.717, 1.165) is 35.9 Å². The van der Waals surface area contributed by atoms with Crippen LogP contribution in [0.4, 0.5) is 22.7 Å². The summed E-state index contributed by atoms with van der Waals surface area (Å²) in [5, 5.41) is 3.38. The molecule has 2 aromatic carbocycles. The van der Waals surface area contributed by atoms with Crippen LogP contribution in [0.25, 0.3) is 0 Å². The highest BCUT2D eigenvalue weighted by Crippen LogP contribution is 2.34. The molecule has 0 spiro atoms. The minimum atomic E-state index is -0.0322. The molecule has 0 aromatic heterocycles. The Morgan fingerprint density at radius 1 is 1.08 bits per heavy atom. The molecule has 1 amide bonds. The first-order valence-corrected chi connectivity index (χ1v) is 8.27. The maximum absolute atomic E-state index is 11.7. The second-order valence-corrected chi connectivity index (χ2v) is 5.77. The number of benzene rings is 2. The summed E-state index contributed by atoms with van der Waals surface area (Å²) in [7, 11) is 1.77. The lowest BCUT2D eigenvalue weighted by Crippen LogP contribution is -2.35. The van der Waals surface area contributed by atoms with Gasteiger partial charge < -0.3 is 19.9 Å². The zero-order valence-electron chi connectivity index (χ0n) is 14.4. The van der Waals surface area contributed by atoms with Gasteiger partial charge >= 0.3 is 0 Å². The highest BCUT2D eigenvalue weighted by Gasteiger charge is 2.22. The van der Waals surface area contributed by atoms with Crippen LogP contribution in [-0.4, -0.2) is 32.7 Å². The summed E-state index contributed by atoms with van der Waals surface area (Å²) in [6.07, 6.45) is 0. The Bertz CT molecular complexity index is 724.